The van der Waals surface area contributed by atoms with Gasteiger partial charge in [-0.3, -0.25) is 14.5 Å². The maximum absolute atomic E-state index is 13.7. The van der Waals surface area contributed by atoms with E-state index in [1.807, 2.05) is 18.2 Å². The molecule has 1 N–H and O–H groups in total. The minimum Gasteiger partial charge on any atom is -0.503 e. The van der Waals surface area contributed by atoms with Gasteiger partial charge in [-0.1, -0.05) is 86.5 Å². The van der Waals surface area contributed by atoms with E-state index < -0.39 is 23.5 Å². The lowest BCUT2D eigenvalue weighted by molar-refractivity contribution is -0.117. The van der Waals surface area contributed by atoms with Crippen molar-refractivity contribution < 1.29 is 14.7 Å². The van der Waals surface area contributed by atoms with Crippen molar-refractivity contribution in [1.29, 1.82) is 0 Å². The highest BCUT2D eigenvalue weighted by molar-refractivity contribution is 9.10. The molecule has 13 heteroatoms. The number of thioether (sulfide) groups is 1. The number of halogens is 3. The zero-order chi connectivity index (χ0) is 27.1. The molecule has 2 aromatic carbocycles. The molecule has 194 valence electrons. The van der Waals surface area contributed by atoms with Crippen LogP contribution in [0.25, 0.3) is 0 Å². The van der Waals surface area contributed by atoms with E-state index in [0.717, 1.165) is 10.6 Å². The zero-order valence-corrected chi connectivity index (χ0v) is 25.3. The van der Waals surface area contributed by atoms with Crippen LogP contribution in [0.3, 0.4) is 0 Å². The van der Waals surface area contributed by atoms with Gasteiger partial charge in [-0.2, -0.15) is 0 Å². The summed E-state index contributed by atoms with van der Waals surface area (Å²) in [5.41, 5.74) is 2.03. The van der Waals surface area contributed by atoms with Gasteiger partial charge in [-0.25, -0.2) is 4.98 Å². The average molecular weight is 668 g/mol. The number of hydrogen-bond acceptors (Lipinski definition) is 9. The van der Waals surface area contributed by atoms with Crippen LogP contribution in [0.5, 0.6) is 0 Å². The first-order valence-corrected chi connectivity index (χ1v) is 15.2. The minimum absolute atomic E-state index is 0.0222. The summed E-state index contributed by atoms with van der Waals surface area (Å²) in [5.74, 6) is -1.26. The number of benzene rings is 2. The number of Topliss-reactive ketones (excluding diaryl/α,β-unsaturated/α-hetero) is 1. The summed E-state index contributed by atoms with van der Waals surface area (Å²) >= 11 is 19.6. The Labute approximate surface area is 248 Å². The van der Waals surface area contributed by atoms with E-state index in [1.165, 1.54) is 39.3 Å². The predicted molar refractivity (Wildman–Crippen MR) is 156 cm³/mol. The van der Waals surface area contributed by atoms with E-state index in [9.17, 15) is 14.7 Å². The quantitative estimate of drug-likeness (QED) is 0.122. The molecule has 5 rings (SSSR count). The highest BCUT2D eigenvalue weighted by atomic mass is 79.9. The SMILES string of the molecule is Cc1nc(C)c(C(=O)C2=C(O)C(=O)N(c3nnc(SCc4ccc(Cl)cc4Cl)s3)C2c2ccccc2Br)s1. The van der Waals surface area contributed by atoms with E-state index in [0.29, 0.717) is 40.7 Å². The lowest BCUT2D eigenvalue weighted by Gasteiger charge is -2.24. The molecule has 4 aromatic rings. The Hall–Kier alpha value is -2.28. The first-order valence-electron chi connectivity index (χ1n) is 11.1. The molecule has 0 aliphatic carbocycles. The van der Waals surface area contributed by atoms with Crippen molar-refractivity contribution in [2.24, 2.45) is 0 Å². The Kier molecular flexibility index (Phi) is 7.95. The largest absolute Gasteiger partial charge is 0.503 e. The number of ketones is 1. The Bertz CT molecular complexity index is 1620. The van der Waals surface area contributed by atoms with E-state index in [4.69, 9.17) is 23.2 Å². The molecule has 1 atom stereocenters. The second-order valence-electron chi connectivity index (χ2n) is 8.21. The van der Waals surface area contributed by atoms with Gasteiger partial charge in [0.25, 0.3) is 5.91 Å². The number of amides is 1. The Morgan fingerprint density at radius 3 is 2.61 bits per heavy atom. The number of thiazole rings is 1. The molecular formula is C25H17BrCl2N4O3S3. The van der Waals surface area contributed by atoms with E-state index >= 15 is 0 Å². The molecular weight excluding hydrogens is 651 g/mol. The van der Waals surface area contributed by atoms with Gasteiger partial charge in [-0.15, -0.1) is 21.5 Å². The molecule has 7 nitrogen and oxygen atoms in total. The summed E-state index contributed by atoms with van der Waals surface area (Å²) in [5, 5.41) is 21.6. The molecule has 38 heavy (non-hydrogen) atoms. The first kappa shape index (κ1) is 27.3. The Balaban J connectivity index is 1.51. The van der Waals surface area contributed by atoms with Crippen LogP contribution in [0.2, 0.25) is 10.0 Å². The molecule has 0 bridgehead atoms. The van der Waals surface area contributed by atoms with Crippen molar-refractivity contribution in [3.63, 3.8) is 0 Å². The van der Waals surface area contributed by atoms with E-state index in [1.54, 1.807) is 38.1 Å². The molecule has 0 fully saturated rings. The molecule has 1 aliphatic heterocycles. The van der Waals surface area contributed by atoms with Crippen LogP contribution in [-0.4, -0.2) is 32.0 Å². The molecule has 2 aromatic heterocycles. The molecule has 0 saturated heterocycles. The fourth-order valence-corrected chi connectivity index (χ4v) is 7.83. The van der Waals surface area contributed by atoms with E-state index in [2.05, 4.69) is 31.1 Å². The molecule has 3 heterocycles. The molecule has 1 unspecified atom stereocenters. The smallest absolute Gasteiger partial charge is 0.296 e. The van der Waals surface area contributed by atoms with Gasteiger partial charge in [0.05, 0.1) is 27.2 Å². The van der Waals surface area contributed by atoms with Crippen LogP contribution >= 0.6 is 73.6 Å². The summed E-state index contributed by atoms with van der Waals surface area (Å²) in [7, 11) is 0. The van der Waals surface area contributed by atoms with Gasteiger partial charge in [0.1, 0.15) is 0 Å². The fourth-order valence-electron chi connectivity index (χ4n) is 4.03. The average Bonchev–Trinajstić information content (AvgIpc) is 3.54. The third-order valence-corrected chi connectivity index (χ3v) is 10.2. The maximum atomic E-state index is 13.7. The number of aliphatic hydroxyl groups is 1. The number of carbonyl (C=O) groups is 2. The molecule has 0 saturated carbocycles. The highest BCUT2D eigenvalue weighted by Gasteiger charge is 2.47. The standard InChI is InChI=1S/C25H17BrCl2N4O3S3/c1-11-22(37-12(2)29-11)20(33)18-19(15-5-3-4-6-16(15)26)32(23(35)21(18)34)24-30-31-25(38-24)36-10-13-7-8-14(27)9-17(13)28/h3-9,19,34H,10H2,1-2H3. The van der Waals surface area contributed by atoms with Crippen molar-refractivity contribution in [3.8, 4) is 0 Å². The number of carbonyl (C=O) groups excluding carboxylic acids is 2. The predicted octanol–water partition coefficient (Wildman–Crippen LogP) is 7.76. The number of aryl methyl sites for hydroxylation is 2. The van der Waals surface area contributed by atoms with Gasteiger partial charge in [0.15, 0.2) is 10.1 Å². The summed E-state index contributed by atoms with van der Waals surface area (Å²) in [6.07, 6.45) is 0. The monoisotopic (exact) mass is 666 g/mol. The molecule has 1 aliphatic rings. The summed E-state index contributed by atoms with van der Waals surface area (Å²) < 4.78 is 1.27. The number of anilines is 1. The van der Waals surface area contributed by atoms with Crippen LogP contribution < -0.4 is 4.90 Å². The number of rotatable bonds is 7. The first-order chi connectivity index (χ1) is 18.2. The summed E-state index contributed by atoms with van der Waals surface area (Å²) in [6, 6.07) is 11.6. The van der Waals surface area contributed by atoms with Crippen LogP contribution in [0.1, 0.15) is 37.5 Å². The minimum atomic E-state index is -0.913. The van der Waals surface area contributed by atoms with Crippen molar-refractivity contribution >= 4 is 90.4 Å². The van der Waals surface area contributed by atoms with E-state index in [-0.39, 0.29) is 10.7 Å². The third-order valence-electron chi connectivity index (χ3n) is 5.73. The van der Waals surface area contributed by atoms with Crippen LogP contribution in [0.4, 0.5) is 5.13 Å². The van der Waals surface area contributed by atoms with Crippen LogP contribution in [-0.2, 0) is 10.5 Å². The van der Waals surface area contributed by atoms with Gasteiger partial charge in [0.2, 0.25) is 10.9 Å². The molecule has 0 spiro atoms. The summed E-state index contributed by atoms with van der Waals surface area (Å²) in [6.45, 7) is 3.54. The van der Waals surface area contributed by atoms with Gasteiger partial charge >= 0.3 is 0 Å². The molecule has 1 amide bonds. The highest BCUT2D eigenvalue weighted by Crippen LogP contribution is 2.46. The number of nitrogens with zero attached hydrogens (tertiary/aromatic N) is 4. The lowest BCUT2D eigenvalue weighted by atomic mass is 9.95. The Morgan fingerprint density at radius 2 is 1.92 bits per heavy atom. The van der Waals surface area contributed by atoms with Gasteiger partial charge < -0.3 is 5.11 Å². The molecule has 0 radical (unpaired) electrons. The van der Waals surface area contributed by atoms with Crippen LogP contribution in [0, 0.1) is 13.8 Å². The second kappa shape index (κ2) is 11.1. The lowest BCUT2D eigenvalue weighted by Crippen LogP contribution is -2.31. The Morgan fingerprint density at radius 1 is 1.16 bits per heavy atom. The zero-order valence-electron chi connectivity index (χ0n) is 19.7. The fraction of sp³-hybridized carbons (Fsp3) is 0.160. The topological polar surface area (TPSA) is 96.3 Å². The third kappa shape index (κ3) is 5.15. The number of hydrogen-bond donors (Lipinski definition) is 1. The van der Waals surface area contributed by atoms with Crippen molar-refractivity contribution in [3.05, 3.63) is 95.0 Å². The number of aromatic nitrogens is 3. The van der Waals surface area contributed by atoms with Crippen molar-refractivity contribution in [2.75, 3.05) is 4.90 Å². The summed E-state index contributed by atoms with van der Waals surface area (Å²) in [4.78, 5) is 33.2. The van der Waals surface area contributed by atoms with Gasteiger partial charge in [0, 0.05) is 20.3 Å². The number of aliphatic hydroxyl groups excluding tert-OH is 1. The normalized spacial score (nSPS) is 15.6. The van der Waals surface area contributed by atoms with Crippen LogP contribution in [0.15, 0.2) is 62.6 Å². The van der Waals surface area contributed by atoms with Crippen molar-refractivity contribution in [1.82, 2.24) is 15.2 Å². The van der Waals surface area contributed by atoms with Gasteiger partial charge in [-0.05, 0) is 43.2 Å². The second-order valence-corrected chi connectivity index (χ2v) is 13.3. The van der Waals surface area contributed by atoms with Crippen molar-refractivity contribution in [2.45, 2.75) is 30.0 Å². The maximum Gasteiger partial charge on any atom is 0.296 e.